The molecule has 1 fully saturated rings. The second-order valence-corrected chi connectivity index (χ2v) is 7.67. The minimum atomic E-state index is -3.76. The lowest BCUT2D eigenvalue weighted by atomic mass is 10.1. The van der Waals surface area contributed by atoms with Gasteiger partial charge in [0.25, 0.3) is 5.56 Å². The number of fused-ring (bicyclic) bond motifs is 1. The summed E-state index contributed by atoms with van der Waals surface area (Å²) in [6.45, 7) is 2.20. The number of H-pyrrole nitrogens is 1. The highest BCUT2D eigenvalue weighted by Crippen LogP contribution is 2.14. The lowest BCUT2D eigenvalue weighted by Gasteiger charge is -2.10. The molecule has 9 nitrogen and oxygen atoms in total. The van der Waals surface area contributed by atoms with Gasteiger partial charge in [-0.1, -0.05) is 0 Å². The van der Waals surface area contributed by atoms with Crippen molar-refractivity contribution < 1.29 is 8.42 Å². The largest absolute Gasteiger partial charge is 0.329 e. The van der Waals surface area contributed by atoms with Gasteiger partial charge in [-0.25, -0.2) is 22.9 Å². The van der Waals surface area contributed by atoms with Crippen LogP contribution in [-0.4, -0.2) is 42.6 Å². The van der Waals surface area contributed by atoms with E-state index in [0.717, 1.165) is 36.7 Å². The van der Waals surface area contributed by atoms with Gasteiger partial charge in [0.05, 0.1) is 5.39 Å². The number of halogens is 1. The van der Waals surface area contributed by atoms with E-state index in [9.17, 15) is 18.0 Å². The molecule has 1 unspecified atom stereocenters. The number of aromatic amines is 1. The Morgan fingerprint density at radius 2 is 2.16 bits per heavy atom. The molecule has 2 aromatic heterocycles. The third-order valence-electron chi connectivity index (χ3n) is 4.25. The molecule has 0 spiro atoms. The summed E-state index contributed by atoms with van der Waals surface area (Å²) in [6, 6.07) is 1.24. The second-order valence-electron chi connectivity index (χ2n) is 5.91. The molecule has 3 rings (SSSR count). The third kappa shape index (κ3) is 4.09. The number of pyridine rings is 1. The van der Waals surface area contributed by atoms with Gasteiger partial charge in [0.2, 0.25) is 10.0 Å². The number of hydrogen-bond acceptors (Lipinski definition) is 6. The van der Waals surface area contributed by atoms with Crippen LogP contribution in [0.1, 0.15) is 12.8 Å². The van der Waals surface area contributed by atoms with Crippen LogP contribution >= 0.6 is 12.4 Å². The van der Waals surface area contributed by atoms with E-state index in [-0.39, 0.29) is 28.3 Å². The molecule has 1 aliphatic heterocycles. The van der Waals surface area contributed by atoms with E-state index >= 15 is 0 Å². The maximum Gasteiger partial charge on any atom is 0.329 e. The van der Waals surface area contributed by atoms with Crippen LogP contribution in [0.25, 0.3) is 11.0 Å². The number of aryl methyl sites for hydroxylation is 1. The highest BCUT2D eigenvalue weighted by Gasteiger charge is 2.19. The summed E-state index contributed by atoms with van der Waals surface area (Å²) in [6.07, 6.45) is 2.95. The average molecular weight is 390 g/mol. The molecule has 0 bridgehead atoms. The second kappa shape index (κ2) is 7.65. The summed E-state index contributed by atoms with van der Waals surface area (Å²) in [4.78, 5) is 29.4. The fourth-order valence-corrected chi connectivity index (χ4v) is 3.82. The van der Waals surface area contributed by atoms with E-state index in [2.05, 4.69) is 20.0 Å². The van der Waals surface area contributed by atoms with E-state index in [1.807, 2.05) is 0 Å². The first kappa shape index (κ1) is 19.6. The van der Waals surface area contributed by atoms with Crippen molar-refractivity contribution in [3.8, 4) is 0 Å². The monoisotopic (exact) mass is 389 g/mol. The Balaban J connectivity index is 0.00000225. The van der Waals surface area contributed by atoms with Gasteiger partial charge < -0.3 is 5.32 Å². The van der Waals surface area contributed by atoms with Crippen molar-refractivity contribution >= 4 is 33.5 Å². The van der Waals surface area contributed by atoms with Crippen molar-refractivity contribution in [2.24, 2.45) is 13.0 Å². The van der Waals surface area contributed by atoms with Crippen molar-refractivity contribution in [1.82, 2.24) is 24.6 Å². The first-order valence-electron chi connectivity index (χ1n) is 7.68. The lowest BCUT2D eigenvalue weighted by Crippen LogP contribution is -2.30. The zero-order chi connectivity index (χ0) is 17.3. The quantitative estimate of drug-likeness (QED) is 0.622. The SMILES string of the molecule is Cl.Cn1c(=O)[nH]c(=O)c2cc(S(=O)(=O)NCCC3CCNC3)cnc21. The zero-order valence-corrected chi connectivity index (χ0v) is 15.2. The van der Waals surface area contributed by atoms with Gasteiger partial charge in [0, 0.05) is 19.8 Å². The molecule has 0 amide bonds. The van der Waals surface area contributed by atoms with Crippen molar-refractivity contribution in [3.63, 3.8) is 0 Å². The lowest BCUT2D eigenvalue weighted by molar-refractivity contribution is 0.519. The minimum Gasteiger partial charge on any atom is -0.316 e. The summed E-state index contributed by atoms with van der Waals surface area (Å²) in [5.41, 5.74) is -1.12. The third-order valence-corrected chi connectivity index (χ3v) is 5.67. The zero-order valence-electron chi connectivity index (χ0n) is 13.6. The number of nitrogens with zero attached hydrogens (tertiary/aromatic N) is 2. The van der Waals surface area contributed by atoms with Crippen LogP contribution < -0.4 is 21.3 Å². The molecule has 1 saturated heterocycles. The summed E-state index contributed by atoms with van der Waals surface area (Å²) in [5.74, 6) is 0.472. The molecule has 2 aromatic rings. The molecule has 0 radical (unpaired) electrons. The summed E-state index contributed by atoms with van der Waals surface area (Å²) < 4.78 is 28.4. The Morgan fingerprint density at radius 3 is 2.84 bits per heavy atom. The summed E-state index contributed by atoms with van der Waals surface area (Å²) >= 11 is 0. The molecule has 25 heavy (non-hydrogen) atoms. The molecule has 1 atom stereocenters. The fourth-order valence-electron chi connectivity index (χ4n) is 2.81. The fraction of sp³-hybridized carbons (Fsp3) is 0.500. The van der Waals surface area contributed by atoms with E-state index in [4.69, 9.17) is 0 Å². The van der Waals surface area contributed by atoms with Gasteiger partial charge in [-0.2, -0.15) is 0 Å². The molecule has 0 saturated carbocycles. The summed E-state index contributed by atoms with van der Waals surface area (Å²) in [5, 5.41) is 3.29. The van der Waals surface area contributed by atoms with Crippen molar-refractivity contribution in [2.75, 3.05) is 19.6 Å². The van der Waals surface area contributed by atoms with Crippen LogP contribution in [0.15, 0.2) is 26.7 Å². The first-order valence-corrected chi connectivity index (χ1v) is 9.16. The maximum absolute atomic E-state index is 12.4. The molecule has 3 N–H and O–H groups in total. The normalized spacial score (nSPS) is 17.6. The van der Waals surface area contributed by atoms with E-state index in [1.165, 1.54) is 13.1 Å². The van der Waals surface area contributed by atoms with Gasteiger partial charge in [-0.15, -0.1) is 12.4 Å². The molecule has 3 heterocycles. The first-order chi connectivity index (χ1) is 11.4. The Hall–Kier alpha value is -1.75. The molecular formula is C14H20ClN5O4S. The van der Waals surface area contributed by atoms with Gasteiger partial charge in [-0.05, 0) is 37.9 Å². The van der Waals surface area contributed by atoms with Gasteiger partial charge in [0.15, 0.2) is 0 Å². The number of hydrogen-bond donors (Lipinski definition) is 3. The van der Waals surface area contributed by atoms with Gasteiger partial charge >= 0.3 is 5.69 Å². The topological polar surface area (TPSA) is 126 Å². The van der Waals surface area contributed by atoms with E-state index < -0.39 is 21.3 Å². The van der Waals surface area contributed by atoms with Crippen molar-refractivity contribution in [1.29, 1.82) is 0 Å². The highest BCUT2D eigenvalue weighted by molar-refractivity contribution is 7.89. The molecule has 0 aromatic carbocycles. The highest BCUT2D eigenvalue weighted by atomic mass is 35.5. The summed E-state index contributed by atoms with van der Waals surface area (Å²) in [7, 11) is -2.30. The van der Waals surface area contributed by atoms with Gasteiger partial charge in [-0.3, -0.25) is 14.3 Å². The van der Waals surface area contributed by atoms with Crippen LogP contribution in [-0.2, 0) is 17.1 Å². The van der Waals surface area contributed by atoms with Crippen LogP contribution in [0.2, 0.25) is 0 Å². The van der Waals surface area contributed by atoms with Gasteiger partial charge in [0.1, 0.15) is 10.5 Å². The predicted octanol–water partition coefficient (Wildman–Crippen LogP) is -0.678. The smallest absolute Gasteiger partial charge is 0.316 e. The van der Waals surface area contributed by atoms with Crippen LogP contribution in [0.5, 0.6) is 0 Å². The Kier molecular flexibility index (Phi) is 5.99. The molecule has 0 aliphatic carbocycles. The maximum atomic E-state index is 12.4. The van der Waals surface area contributed by atoms with E-state index in [0.29, 0.717) is 12.5 Å². The molecule has 138 valence electrons. The molecule has 11 heteroatoms. The van der Waals surface area contributed by atoms with Crippen LogP contribution in [0.4, 0.5) is 0 Å². The standard InChI is InChI=1S/C14H19N5O4S.ClH/c1-19-12-11(13(20)18-14(19)21)6-10(8-16-12)24(22,23)17-5-3-9-2-4-15-7-9;/h6,8-9,15,17H,2-5,7H2,1H3,(H,18,20,21);1H. The van der Waals surface area contributed by atoms with Crippen LogP contribution in [0, 0.1) is 5.92 Å². The van der Waals surface area contributed by atoms with Crippen molar-refractivity contribution in [2.45, 2.75) is 17.7 Å². The van der Waals surface area contributed by atoms with E-state index in [1.54, 1.807) is 0 Å². The number of aromatic nitrogens is 3. The predicted molar refractivity (Wildman–Crippen MR) is 95.6 cm³/mol. The molecular weight excluding hydrogens is 370 g/mol. The average Bonchev–Trinajstić information content (AvgIpc) is 3.05. The Labute approximate surface area is 150 Å². The molecule has 1 aliphatic rings. The number of nitrogens with one attached hydrogen (secondary N) is 3. The van der Waals surface area contributed by atoms with Crippen LogP contribution in [0.3, 0.4) is 0 Å². The number of sulfonamides is 1. The minimum absolute atomic E-state index is 0. The Morgan fingerprint density at radius 1 is 1.40 bits per heavy atom. The van der Waals surface area contributed by atoms with Crippen molar-refractivity contribution in [3.05, 3.63) is 33.1 Å². The Bertz CT molecular complexity index is 979. The number of rotatable bonds is 5.